The van der Waals surface area contributed by atoms with E-state index in [1.807, 2.05) is 32.9 Å². The molecule has 2 atom stereocenters. The largest absolute Gasteiger partial charge is 0.360 e. The van der Waals surface area contributed by atoms with Crippen LogP contribution in [0.25, 0.3) is 0 Å². The van der Waals surface area contributed by atoms with Crippen molar-refractivity contribution >= 4 is 11.6 Å². The Morgan fingerprint density at radius 2 is 2.05 bits per heavy atom. The number of para-hydroxylation sites is 1. The van der Waals surface area contributed by atoms with Crippen molar-refractivity contribution in [2.45, 2.75) is 52.1 Å². The number of hydrogen-bond donors (Lipinski definition) is 1. The summed E-state index contributed by atoms with van der Waals surface area (Å²) in [5.41, 5.74) is 1.60. The van der Waals surface area contributed by atoms with Gasteiger partial charge in [-0.25, -0.2) is 0 Å². The molecule has 1 N–H and O–H groups in total. The highest BCUT2D eigenvalue weighted by atomic mass is 16.2. The molecule has 0 saturated carbocycles. The van der Waals surface area contributed by atoms with E-state index in [4.69, 9.17) is 0 Å². The predicted octanol–water partition coefficient (Wildman–Crippen LogP) is 2.88. The number of fused-ring (bicyclic) bond motifs is 1. The average Bonchev–Trinajstić information content (AvgIpc) is 2.53. The standard InChI is InChI=1S/C18H25N3O/c1-13(2)18(4,12-19)20-17(22)14(3)21-11-7-9-15-8-5-6-10-16(15)21/h5-6,8,10,13-14H,7,9,11H2,1-4H3,(H,20,22)/t14-,18+/m0/s1. The van der Waals surface area contributed by atoms with E-state index in [2.05, 4.69) is 28.4 Å². The van der Waals surface area contributed by atoms with Crippen LogP contribution in [0.5, 0.6) is 0 Å². The van der Waals surface area contributed by atoms with Crippen LogP contribution in [0.1, 0.15) is 39.7 Å². The van der Waals surface area contributed by atoms with Crippen LogP contribution >= 0.6 is 0 Å². The molecule has 0 spiro atoms. The van der Waals surface area contributed by atoms with Crippen molar-refractivity contribution in [3.8, 4) is 6.07 Å². The number of benzene rings is 1. The highest BCUT2D eigenvalue weighted by Gasteiger charge is 2.34. The molecule has 4 heteroatoms. The fourth-order valence-electron chi connectivity index (χ4n) is 2.77. The van der Waals surface area contributed by atoms with E-state index in [0.29, 0.717) is 0 Å². The summed E-state index contributed by atoms with van der Waals surface area (Å²) in [6.45, 7) is 8.47. The first-order valence-corrected chi connectivity index (χ1v) is 7.97. The summed E-state index contributed by atoms with van der Waals surface area (Å²) < 4.78 is 0. The van der Waals surface area contributed by atoms with Crippen LogP contribution in [-0.2, 0) is 11.2 Å². The molecule has 1 aromatic rings. The number of hydrogen-bond acceptors (Lipinski definition) is 3. The van der Waals surface area contributed by atoms with Gasteiger partial charge in [-0.05, 0) is 44.2 Å². The fourth-order valence-corrected chi connectivity index (χ4v) is 2.77. The van der Waals surface area contributed by atoms with Gasteiger partial charge in [-0.2, -0.15) is 5.26 Å². The molecule has 0 saturated heterocycles. The summed E-state index contributed by atoms with van der Waals surface area (Å²) in [6.07, 6.45) is 2.11. The maximum Gasteiger partial charge on any atom is 0.243 e. The van der Waals surface area contributed by atoms with Gasteiger partial charge in [0.2, 0.25) is 5.91 Å². The Balaban J connectivity index is 2.17. The highest BCUT2D eigenvalue weighted by Crippen LogP contribution is 2.28. The minimum Gasteiger partial charge on any atom is -0.360 e. The normalized spacial score (nSPS) is 18.1. The first kappa shape index (κ1) is 16.4. The predicted molar refractivity (Wildman–Crippen MR) is 88.6 cm³/mol. The molecule has 1 aromatic carbocycles. The number of nitrogens with one attached hydrogen (secondary N) is 1. The summed E-state index contributed by atoms with van der Waals surface area (Å²) in [4.78, 5) is 14.8. The molecule has 0 aromatic heterocycles. The Labute approximate surface area is 133 Å². The molecule has 22 heavy (non-hydrogen) atoms. The molecule has 1 heterocycles. The summed E-state index contributed by atoms with van der Waals surface area (Å²) in [5.74, 6) is -0.0308. The van der Waals surface area contributed by atoms with Crippen LogP contribution in [0.15, 0.2) is 24.3 Å². The van der Waals surface area contributed by atoms with Gasteiger partial charge in [-0.1, -0.05) is 32.0 Å². The zero-order valence-electron chi connectivity index (χ0n) is 13.9. The van der Waals surface area contributed by atoms with E-state index in [1.165, 1.54) is 5.56 Å². The van der Waals surface area contributed by atoms with Gasteiger partial charge < -0.3 is 10.2 Å². The van der Waals surface area contributed by atoms with Gasteiger partial charge >= 0.3 is 0 Å². The van der Waals surface area contributed by atoms with E-state index in [9.17, 15) is 10.1 Å². The molecule has 2 rings (SSSR count). The van der Waals surface area contributed by atoms with Crippen LogP contribution in [0.3, 0.4) is 0 Å². The van der Waals surface area contributed by atoms with E-state index in [0.717, 1.165) is 25.1 Å². The van der Waals surface area contributed by atoms with Crippen LogP contribution in [0.4, 0.5) is 5.69 Å². The average molecular weight is 299 g/mol. The monoisotopic (exact) mass is 299 g/mol. The quantitative estimate of drug-likeness (QED) is 0.930. The van der Waals surface area contributed by atoms with Gasteiger partial charge in [-0.15, -0.1) is 0 Å². The van der Waals surface area contributed by atoms with Crippen molar-refractivity contribution in [3.63, 3.8) is 0 Å². The number of rotatable bonds is 4. The molecule has 0 unspecified atom stereocenters. The minimum absolute atomic E-state index is 0.0577. The lowest BCUT2D eigenvalue weighted by molar-refractivity contribution is -0.123. The number of amides is 1. The Morgan fingerprint density at radius 3 is 2.68 bits per heavy atom. The van der Waals surface area contributed by atoms with Crippen LogP contribution < -0.4 is 10.2 Å². The zero-order valence-corrected chi connectivity index (χ0v) is 13.9. The molecule has 0 fully saturated rings. The highest BCUT2D eigenvalue weighted by molar-refractivity contribution is 5.86. The van der Waals surface area contributed by atoms with Crippen molar-refractivity contribution in [2.24, 2.45) is 5.92 Å². The molecule has 0 radical (unpaired) electrons. The van der Waals surface area contributed by atoms with Gasteiger partial charge in [0, 0.05) is 12.2 Å². The summed E-state index contributed by atoms with van der Waals surface area (Å²) in [7, 11) is 0. The van der Waals surface area contributed by atoms with E-state index in [1.54, 1.807) is 6.92 Å². The van der Waals surface area contributed by atoms with Crippen molar-refractivity contribution in [1.29, 1.82) is 5.26 Å². The van der Waals surface area contributed by atoms with E-state index in [-0.39, 0.29) is 17.9 Å². The zero-order chi connectivity index (χ0) is 16.3. The molecular weight excluding hydrogens is 274 g/mol. The smallest absolute Gasteiger partial charge is 0.243 e. The third-order valence-electron chi connectivity index (χ3n) is 4.76. The second-order valence-electron chi connectivity index (χ2n) is 6.56. The number of carbonyl (C=O) groups is 1. The van der Waals surface area contributed by atoms with Crippen LogP contribution in [0.2, 0.25) is 0 Å². The molecule has 1 aliphatic heterocycles. The second kappa shape index (κ2) is 6.39. The third kappa shape index (κ3) is 3.09. The van der Waals surface area contributed by atoms with E-state index < -0.39 is 5.54 Å². The summed E-state index contributed by atoms with van der Waals surface area (Å²) >= 11 is 0. The molecule has 1 aliphatic rings. The maximum atomic E-state index is 12.6. The van der Waals surface area contributed by atoms with E-state index >= 15 is 0 Å². The third-order valence-corrected chi connectivity index (χ3v) is 4.76. The number of nitriles is 1. The van der Waals surface area contributed by atoms with Gasteiger partial charge in [0.1, 0.15) is 11.6 Å². The Bertz CT molecular complexity index is 590. The van der Waals surface area contributed by atoms with Crippen LogP contribution in [0, 0.1) is 17.2 Å². The Kier molecular flexibility index (Phi) is 4.75. The summed E-state index contributed by atoms with van der Waals surface area (Å²) in [6, 6.07) is 10.2. The molecule has 4 nitrogen and oxygen atoms in total. The molecule has 118 valence electrons. The van der Waals surface area contributed by atoms with Crippen molar-refractivity contribution in [3.05, 3.63) is 29.8 Å². The lowest BCUT2D eigenvalue weighted by Gasteiger charge is -2.37. The lowest BCUT2D eigenvalue weighted by atomic mass is 9.89. The first-order chi connectivity index (χ1) is 10.4. The van der Waals surface area contributed by atoms with Gasteiger partial charge in [0.15, 0.2) is 0 Å². The fraction of sp³-hybridized carbons (Fsp3) is 0.556. The van der Waals surface area contributed by atoms with Crippen molar-refractivity contribution in [1.82, 2.24) is 5.32 Å². The number of anilines is 1. The SMILES string of the molecule is CC(C)[C@@](C)(C#N)NC(=O)[C@H](C)N1CCCc2ccccc21. The maximum absolute atomic E-state index is 12.6. The van der Waals surface area contributed by atoms with Crippen molar-refractivity contribution < 1.29 is 4.79 Å². The lowest BCUT2D eigenvalue weighted by Crippen LogP contribution is -2.55. The minimum atomic E-state index is -0.833. The Morgan fingerprint density at radius 1 is 1.36 bits per heavy atom. The Hall–Kier alpha value is -2.02. The topological polar surface area (TPSA) is 56.1 Å². The van der Waals surface area contributed by atoms with Crippen molar-refractivity contribution in [2.75, 3.05) is 11.4 Å². The molecular formula is C18H25N3O. The van der Waals surface area contributed by atoms with Gasteiger partial charge in [0.05, 0.1) is 6.07 Å². The summed E-state index contributed by atoms with van der Waals surface area (Å²) in [5, 5.41) is 12.3. The van der Waals surface area contributed by atoms with Crippen LogP contribution in [-0.4, -0.2) is 24.0 Å². The number of carbonyl (C=O) groups excluding carboxylic acids is 1. The first-order valence-electron chi connectivity index (χ1n) is 7.97. The number of aryl methyl sites for hydroxylation is 1. The van der Waals surface area contributed by atoms with Gasteiger partial charge in [0.25, 0.3) is 0 Å². The number of nitrogens with zero attached hydrogens (tertiary/aromatic N) is 2. The molecule has 0 bridgehead atoms. The molecule has 1 amide bonds. The second-order valence-corrected chi connectivity index (χ2v) is 6.56. The van der Waals surface area contributed by atoms with Gasteiger partial charge in [-0.3, -0.25) is 4.79 Å². The molecule has 0 aliphatic carbocycles.